The number of hydrogen-bond acceptors (Lipinski definition) is 3. The summed E-state index contributed by atoms with van der Waals surface area (Å²) in [6.07, 6.45) is 5.85. The first-order chi connectivity index (χ1) is 6.59. The number of allylic oxidation sites excluding steroid dienone is 2. The minimum Gasteiger partial charge on any atom is -0.369 e. The van der Waals surface area contributed by atoms with Crippen LogP contribution in [0.15, 0.2) is 29.0 Å². The van der Waals surface area contributed by atoms with Gasteiger partial charge in [-0.05, 0) is 19.9 Å². The van der Waals surface area contributed by atoms with Crippen molar-refractivity contribution in [3.05, 3.63) is 24.0 Å². The summed E-state index contributed by atoms with van der Waals surface area (Å²) in [5.74, 6) is -0.320. The smallest absolute Gasteiger partial charge is 0.221 e. The van der Waals surface area contributed by atoms with Crippen molar-refractivity contribution in [2.75, 3.05) is 6.67 Å². The topological polar surface area (TPSA) is 58.7 Å². The molecular formula is C10H15N3O. The van der Waals surface area contributed by atoms with Crippen LogP contribution in [-0.4, -0.2) is 23.2 Å². The fourth-order valence-corrected chi connectivity index (χ4v) is 1.19. The maximum Gasteiger partial charge on any atom is 0.221 e. The van der Waals surface area contributed by atoms with Gasteiger partial charge in [0.05, 0.1) is 0 Å². The Kier molecular flexibility index (Phi) is 3.45. The highest BCUT2D eigenvalue weighted by atomic mass is 16.1. The van der Waals surface area contributed by atoms with Crippen molar-refractivity contribution in [2.45, 2.75) is 20.3 Å². The van der Waals surface area contributed by atoms with E-state index in [-0.39, 0.29) is 12.3 Å². The number of rotatable bonds is 3. The third kappa shape index (κ3) is 3.05. The summed E-state index contributed by atoms with van der Waals surface area (Å²) < 4.78 is 0. The van der Waals surface area contributed by atoms with Crippen LogP contribution >= 0.6 is 0 Å². The fourth-order valence-electron chi connectivity index (χ4n) is 1.19. The average Bonchev–Trinajstić information content (AvgIpc) is 2.08. The maximum absolute atomic E-state index is 10.5. The standard InChI is InChI=1S/C10H15N3O/c1-8-6-9(2)13(7-12-8)5-3-4-10(11)14/h3,5-6H,4,7H2,1-2H3,(H2,11,14)/b5-3-. The van der Waals surface area contributed by atoms with E-state index in [1.807, 2.05) is 31.0 Å². The Labute approximate surface area is 83.8 Å². The van der Waals surface area contributed by atoms with Crippen LogP contribution in [0, 0.1) is 0 Å². The molecule has 4 nitrogen and oxygen atoms in total. The van der Waals surface area contributed by atoms with Gasteiger partial charge in [0.2, 0.25) is 5.91 Å². The minimum absolute atomic E-state index is 0.270. The molecule has 1 aliphatic heterocycles. The number of primary amides is 1. The van der Waals surface area contributed by atoms with Crippen molar-refractivity contribution in [1.29, 1.82) is 0 Å². The Bertz CT molecular complexity index is 315. The lowest BCUT2D eigenvalue weighted by Crippen LogP contribution is -2.20. The summed E-state index contributed by atoms with van der Waals surface area (Å²) in [7, 11) is 0. The Balaban J connectivity index is 2.52. The molecule has 0 radical (unpaired) electrons. The van der Waals surface area contributed by atoms with Crippen LogP contribution in [0.3, 0.4) is 0 Å². The summed E-state index contributed by atoms with van der Waals surface area (Å²) in [4.78, 5) is 16.7. The van der Waals surface area contributed by atoms with E-state index in [1.54, 1.807) is 6.08 Å². The zero-order chi connectivity index (χ0) is 10.6. The van der Waals surface area contributed by atoms with E-state index in [0.717, 1.165) is 11.4 Å². The largest absolute Gasteiger partial charge is 0.369 e. The zero-order valence-corrected chi connectivity index (χ0v) is 8.53. The Hall–Kier alpha value is -1.58. The minimum atomic E-state index is -0.320. The van der Waals surface area contributed by atoms with E-state index in [2.05, 4.69) is 4.99 Å². The summed E-state index contributed by atoms with van der Waals surface area (Å²) >= 11 is 0. The van der Waals surface area contributed by atoms with E-state index in [4.69, 9.17) is 5.73 Å². The number of carbonyl (C=O) groups excluding carboxylic acids is 1. The van der Waals surface area contributed by atoms with Gasteiger partial charge in [0.25, 0.3) is 0 Å². The number of amides is 1. The second kappa shape index (κ2) is 4.60. The van der Waals surface area contributed by atoms with Crippen LogP contribution in [-0.2, 0) is 4.79 Å². The van der Waals surface area contributed by atoms with Gasteiger partial charge in [-0.1, -0.05) is 6.08 Å². The molecule has 0 bridgehead atoms. The molecule has 1 amide bonds. The second-order valence-corrected chi connectivity index (χ2v) is 3.25. The van der Waals surface area contributed by atoms with Crippen molar-refractivity contribution in [2.24, 2.45) is 10.7 Å². The summed E-state index contributed by atoms with van der Waals surface area (Å²) in [6, 6.07) is 0. The molecule has 0 aromatic rings. The van der Waals surface area contributed by atoms with Gasteiger partial charge in [0.1, 0.15) is 6.67 Å². The van der Waals surface area contributed by atoms with E-state index in [0.29, 0.717) is 6.67 Å². The molecule has 0 atom stereocenters. The van der Waals surface area contributed by atoms with Crippen molar-refractivity contribution < 1.29 is 4.79 Å². The van der Waals surface area contributed by atoms with Crippen LogP contribution in [0.2, 0.25) is 0 Å². The van der Waals surface area contributed by atoms with Crippen LogP contribution in [0.5, 0.6) is 0 Å². The molecule has 0 aromatic heterocycles. The number of hydrogen-bond donors (Lipinski definition) is 1. The van der Waals surface area contributed by atoms with Crippen molar-refractivity contribution >= 4 is 11.6 Å². The van der Waals surface area contributed by atoms with Crippen LogP contribution < -0.4 is 5.73 Å². The van der Waals surface area contributed by atoms with E-state index in [1.165, 1.54) is 0 Å². The highest BCUT2D eigenvalue weighted by Gasteiger charge is 2.05. The van der Waals surface area contributed by atoms with E-state index in [9.17, 15) is 4.79 Å². The number of nitrogens with two attached hydrogens (primary N) is 1. The van der Waals surface area contributed by atoms with E-state index >= 15 is 0 Å². The quantitative estimate of drug-likeness (QED) is 0.727. The van der Waals surface area contributed by atoms with Crippen LogP contribution in [0.4, 0.5) is 0 Å². The lowest BCUT2D eigenvalue weighted by atomic mass is 10.3. The fraction of sp³-hybridized carbons (Fsp3) is 0.400. The molecule has 1 rings (SSSR count). The normalized spacial score (nSPS) is 16.9. The van der Waals surface area contributed by atoms with Gasteiger partial charge in [-0.15, -0.1) is 0 Å². The summed E-state index contributed by atoms with van der Waals surface area (Å²) in [5.41, 5.74) is 7.17. The molecule has 1 aliphatic rings. The lowest BCUT2D eigenvalue weighted by Gasteiger charge is -2.22. The average molecular weight is 193 g/mol. The first kappa shape index (κ1) is 10.5. The first-order valence-corrected chi connectivity index (χ1v) is 4.50. The van der Waals surface area contributed by atoms with Crippen molar-refractivity contribution in [1.82, 2.24) is 4.90 Å². The number of aliphatic imine (C=N–C) groups is 1. The summed E-state index contributed by atoms with van der Waals surface area (Å²) in [5, 5.41) is 0. The van der Waals surface area contributed by atoms with Crippen molar-refractivity contribution in [3.63, 3.8) is 0 Å². The van der Waals surface area contributed by atoms with Gasteiger partial charge in [-0.2, -0.15) is 0 Å². The Morgan fingerprint density at radius 1 is 1.71 bits per heavy atom. The molecule has 0 saturated carbocycles. The monoisotopic (exact) mass is 193 g/mol. The molecule has 2 N–H and O–H groups in total. The number of carbonyl (C=O) groups is 1. The van der Waals surface area contributed by atoms with Gasteiger partial charge in [0.15, 0.2) is 0 Å². The molecule has 14 heavy (non-hydrogen) atoms. The predicted octanol–water partition coefficient (Wildman–Crippen LogP) is 1.01. The number of nitrogens with zero attached hydrogens (tertiary/aromatic N) is 2. The molecule has 4 heteroatoms. The maximum atomic E-state index is 10.5. The SMILES string of the molecule is CC1=CC(C)=NCN1/C=C\CC(N)=O. The van der Waals surface area contributed by atoms with Gasteiger partial charge < -0.3 is 10.6 Å². The van der Waals surface area contributed by atoms with Crippen LogP contribution in [0.25, 0.3) is 0 Å². The van der Waals surface area contributed by atoms with Gasteiger partial charge >= 0.3 is 0 Å². The van der Waals surface area contributed by atoms with Gasteiger partial charge in [0, 0.05) is 24.0 Å². The highest BCUT2D eigenvalue weighted by molar-refractivity contribution is 5.93. The summed E-state index contributed by atoms with van der Waals surface area (Å²) in [6.45, 7) is 4.59. The molecule has 0 saturated heterocycles. The lowest BCUT2D eigenvalue weighted by molar-refractivity contribution is -0.117. The molecule has 0 spiro atoms. The molecule has 1 heterocycles. The molecule has 0 aliphatic carbocycles. The molecule has 0 fully saturated rings. The second-order valence-electron chi connectivity index (χ2n) is 3.25. The van der Waals surface area contributed by atoms with Gasteiger partial charge in [-0.25, -0.2) is 0 Å². The van der Waals surface area contributed by atoms with E-state index < -0.39 is 0 Å². The highest BCUT2D eigenvalue weighted by Crippen LogP contribution is 2.09. The first-order valence-electron chi connectivity index (χ1n) is 4.50. The third-order valence-corrected chi connectivity index (χ3v) is 1.95. The van der Waals surface area contributed by atoms with Crippen molar-refractivity contribution in [3.8, 4) is 0 Å². The third-order valence-electron chi connectivity index (χ3n) is 1.95. The molecule has 0 aromatic carbocycles. The Morgan fingerprint density at radius 3 is 3.00 bits per heavy atom. The molecular weight excluding hydrogens is 178 g/mol. The predicted molar refractivity (Wildman–Crippen MR) is 56.5 cm³/mol. The molecule has 0 unspecified atom stereocenters. The molecule has 76 valence electrons. The zero-order valence-electron chi connectivity index (χ0n) is 8.53. The van der Waals surface area contributed by atoms with Crippen LogP contribution in [0.1, 0.15) is 20.3 Å². The Morgan fingerprint density at radius 2 is 2.43 bits per heavy atom. The van der Waals surface area contributed by atoms with Gasteiger partial charge in [-0.3, -0.25) is 9.79 Å².